The van der Waals surface area contributed by atoms with Gasteiger partial charge in [0.1, 0.15) is 0 Å². The van der Waals surface area contributed by atoms with Crippen molar-refractivity contribution in [1.29, 1.82) is 0 Å². The molecule has 13 heavy (non-hydrogen) atoms. The molecular formula is C10H18N2S. The molecular weight excluding hydrogens is 180 g/mol. The molecule has 1 unspecified atom stereocenters. The summed E-state index contributed by atoms with van der Waals surface area (Å²) in [6.07, 6.45) is 1.16. The van der Waals surface area contributed by atoms with Gasteiger partial charge in [-0.2, -0.15) is 11.3 Å². The van der Waals surface area contributed by atoms with E-state index in [2.05, 4.69) is 29.1 Å². The normalized spacial score (nSPS) is 13.1. The lowest BCUT2D eigenvalue weighted by Gasteiger charge is -2.12. The van der Waals surface area contributed by atoms with Crippen molar-refractivity contribution in [2.45, 2.75) is 19.9 Å². The molecule has 0 saturated heterocycles. The largest absolute Gasteiger partial charge is 0.330 e. The molecule has 1 atom stereocenters. The van der Waals surface area contributed by atoms with E-state index in [0.29, 0.717) is 5.92 Å². The molecule has 3 N–H and O–H groups in total. The summed E-state index contributed by atoms with van der Waals surface area (Å²) < 4.78 is 0. The molecule has 0 amide bonds. The molecule has 1 aromatic heterocycles. The first-order chi connectivity index (χ1) is 6.36. The Labute approximate surface area is 84.2 Å². The minimum atomic E-state index is 0.624. The van der Waals surface area contributed by atoms with Crippen LogP contribution in [0.2, 0.25) is 0 Å². The second kappa shape index (κ2) is 6.13. The minimum absolute atomic E-state index is 0.624. The molecule has 1 rings (SSSR count). The van der Waals surface area contributed by atoms with Crippen LogP contribution in [0.15, 0.2) is 16.8 Å². The Morgan fingerprint density at radius 2 is 2.46 bits per heavy atom. The quantitative estimate of drug-likeness (QED) is 0.732. The number of nitrogens with two attached hydrogens (primary N) is 1. The number of thiophene rings is 1. The fourth-order valence-electron chi connectivity index (χ4n) is 1.21. The summed E-state index contributed by atoms with van der Waals surface area (Å²) in [5.74, 6) is 0.624. The molecule has 0 fully saturated rings. The van der Waals surface area contributed by atoms with Crippen LogP contribution in [0.5, 0.6) is 0 Å². The van der Waals surface area contributed by atoms with Gasteiger partial charge in [-0.15, -0.1) is 0 Å². The Kier molecular flexibility index (Phi) is 5.05. The third-order valence-electron chi connectivity index (χ3n) is 2.25. The Balaban J connectivity index is 2.13. The van der Waals surface area contributed by atoms with Gasteiger partial charge in [-0.1, -0.05) is 13.3 Å². The van der Waals surface area contributed by atoms with Gasteiger partial charge in [-0.05, 0) is 41.4 Å². The van der Waals surface area contributed by atoms with Gasteiger partial charge in [-0.25, -0.2) is 0 Å². The van der Waals surface area contributed by atoms with Gasteiger partial charge < -0.3 is 11.1 Å². The molecule has 0 aliphatic carbocycles. The van der Waals surface area contributed by atoms with Gasteiger partial charge in [0.2, 0.25) is 0 Å². The minimum Gasteiger partial charge on any atom is -0.330 e. The summed E-state index contributed by atoms with van der Waals surface area (Å²) in [5.41, 5.74) is 6.98. The molecule has 0 aliphatic rings. The van der Waals surface area contributed by atoms with Crippen molar-refractivity contribution in [2.75, 3.05) is 13.1 Å². The van der Waals surface area contributed by atoms with Crippen molar-refractivity contribution >= 4 is 11.3 Å². The van der Waals surface area contributed by atoms with Gasteiger partial charge in [0, 0.05) is 6.54 Å². The highest BCUT2D eigenvalue weighted by atomic mass is 32.1. The maximum absolute atomic E-state index is 5.60. The third-order valence-corrected chi connectivity index (χ3v) is 2.98. The molecule has 0 saturated carbocycles. The Morgan fingerprint density at radius 1 is 1.62 bits per heavy atom. The summed E-state index contributed by atoms with van der Waals surface area (Å²) in [5, 5.41) is 7.70. The number of rotatable bonds is 6. The van der Waals surface area contributed by atoms with Gasteiger partial charge in [0.05, 0.1) is 0 Å². The van der Waals surface area contributed by atoms with E-state index in [0.717, 1.165) is 26.1 Å². The van der Waals surface area contributed by atoms with Crippen molar-refractivity contribution < 1.29 is 0 Å². The zero-order valence-corrected chi connectivity index (χ0v) is 8.94. The van der Waals surface area contributed by atoms with Crippen LogP contribution in [0.3, 0.4) is 0 Å². The summed E-state index contributed by atoms with van der Waals surface area (Å²) in [4.78, 5) is 0. The zero-order chi connectivity index (χ0) is 9.52. The first-order valence-electron chi connectivity index (χ1n) is 4.78. The van der Waals surface area contributed by atoms with Gasteiger partial charge in [0.15, 0.2) is 0 Å². The maximum Gasteiger partial charge on any atom is 0.0213 e. The predicted molar refractivity (Wildman–Crippen MR) is 58.9 cm³/mol. The standard InChI is InChI=1S/C10H18N2S/c1-2-9(5-11)6-12-7-10-3-4-13-8-10/h3-4,8-9,12H,2,5-7,11H2,1H3. The lowest BCUT2D eigenvalue weighted by Crippen LogP contribution is -2.27. The van der Waals surface area contributed by atoms with E-state index in [9.17, 15) is 0 Å². The smallest absolute Gasteiger partial charge is 0.0213 e. The van der Waals surface area contributed by atoms with Gasteiger partial charge >= 0.3 is 0 Å². The van der Waals surface area contributed by atoms with E-state index in [1.165, 1.54) is 5.56 Å². The lowest BCUT2D eigenvalue weighted by molar-refractivity contribution is 0.471. The summed E-state index contributed by atoms with van der Waals surface area (Å²) in [6.45, 7) is 4.97. The van der Waals surface area contributed by atoms with Gasteiger partial charge in [0.25, 0.3) is 0 Å². The van der Waals surface area contributed by atoms with Gasteiger partial charge in [-0.3, -0.25) is 0 Å². The molecule has 0 aromatic carbocycles. The fraction of sp³-hybridized carbons (Fsp3) is 0.600. The molecule has 1 aromatic rings. The topological polar surface area (TPSA) is 38.0 Å². The second-order valence-corrected chi connectivity index (χ2v) is 4.05. The van der Waals surface area contributed by atoms with Crippen LogP contribution in [0, 0.1) is 5.92 Å². The number of hydrogen-bond acceptors (Lipinski definition) is 3. The molecule has 0 spiro atoms. The van der Waals surface area contributed by atoms with E-state index in [1.54, 1.807) is 11.3 Å². The lowest BCUT2D eigenvalue weighted by atomic mass is 10.1. The van der Waals surface area contributed by atoms with Crippen LogP contribution < -0.4 is 11.1 Å². The molecule has 74 valence electrons. The Bertz CT molecular complexity index is 205. The summed E-state index contributed by atoms with van der Waals surface area (Å²) in [7, 11) is 0. The van der Waals surface area contributed by atoms with Crippen LogP contribution in [0.4, 0.5) is 0 Å². The number of hydrogen-bond donors (Lipinski definition) is 2. The SMILES string of the molecule is CCC(CN)CNCc1ccsc1. The highest BCUT2D eigenvalue weighted by Crippen LogP contribution is 2.05. The van der Waals surface area contributed by atoms with E-state index < -0.39 is 0 Å². The van der Waals surface area contributed by atoms with Crippen molar-refractivity contribution in [3.8, 4) is 0 Å². The molecule has 0 radical (unpaired) electrons. The van der Waals surface area contributed by atoms with E-state index >= 15 is 0 Å². The van der Waals surface area contributed by atoms with Crippen molar-refractivity contribution in [2.24, 2.45) is 11.7 Å². The van der Waals surface area contributed by atoms with E-state index in [-0.39, 0.29) is 0 Å². The van der Waals surface area contributed by atoms with Crippen molar-refractivity contribution in [3.05, 3.63) is 22.4 Å². The zero-order valence-electron chi connectivity index (χ0n) is 8.12. The summed E-state index contributed by atoms with van der Waals surface area (Å²) >= 11 is 1.75. The molecule has 3 heteroatoms. The first-order valence-corrected chi connectivity index (χ1v) is 5.73. The number of nitrogens with one attached hydrogen (secondary N) is 1. The Morgan fingerprint density at radius 3 is 3.00 bits per heavy atom. The summed E-state index contributed by atoms with van der Waals surface area (Å²) in [6, 6.07) is 2.15. The molecule has 2 nitrogen and oxygen atoms in total. The second-order valence-electron chi connectivity index (χ2n) is 3.27. The molecule has 1 heterocycles. The average Bonchev–Trinajstić information content (AvgIpc) is 2.65. The first kappa shape index (κ1) is 10.7. The average molecular weight is 198 g/mol. The monoisotopic (exact) mass is 198 g/mol. The Hall–Kier alpha value is -0.380. The van der Waals surface area contributed by atoms with Crippen molar-refractivity contribution in [1.82, 2.24) is 5.32 Å². The highest BCUT2D eigenvalue weighted by molar-refractivity contribution is 7.07. The predicted octanol–water partition coefficient (Wildman–Crippen LogP) is 1.82. The van der Waals surface area contributed by atoms with Crippen molar-refractivity contribution in [3.63, 3.8) is 0 Å². The molecule has 0 bridgehead atoms. The van der Waals surface area contributed by atoms with Crippen LogP contribution in [-0.4, -0.2) is 13.1 Å². The van der Waals surface area contributed by atoms with Crippen LogP contribution in [0.1, 0.15) is 18.9 Å². The highest BCUT2D eigenvalue weighted by Gasteiger charge is 2.02. The third kappa shape index (κ3) is 3.89. The van der Waals surface area contributed by atoms with Crippen LogP contribution >= 0.6 is 11.3 Å². The van der Waals surface area contributed by atoms with E-state index in [4.69, 9.17) is 5.73 Å². The van der Waals surface area contributed by atoms with E-state index in [1.807, 2.05) is 0 Å². The van der Waals surface area contributed by atoms with Crippen LogP contribution in [0.25, 0.3) is 0 Å². The fourth-order valence-corrected chi connectivity index (χ4v) is 1.88. The maximum atomic E-state index is 5.60. The molecule has 0 aliphatic heterocycles. The van der Waals surface area contributed by atoms with Crippen LogP contribution in [-0.2, 0) is 6.54 Å².